The lowest BCUT2D eigenvalue weighted by Crippen LogP contribution is -2.38. The minimum absolute atomic E-state index is 0.0982. The number of aromatic nitrogens is 1. The van der Waals surface area contributed by atoms with E-state index in [0.717, 1.165) is 23.4 Å². The maximum atomic E-state index is 12.9. The van der Waals surface area contributed by atoms with Crippen molar-refractivity contribution in [1.29, 1.82) is 0 Å². The highest BCUT2D eigenvalue weighted by Crippen LogP contribution is 2.43. The smallest absolute Gasteiger partial charge is 0.265 e. The number of thiazole rings is 1. The van der Waals surface area contributed by atoms with Crippen molar-refractivity contribution in [3.05, 3.63) is 39.3 Å². The average molecular weight is 360 g/mol. The number of carbonyl (C=O) groups is 1. The summed E-state index contributed by atoms with van der Waals surface area (Å²) >= 11 is 1.47. The number of hydrogen-bond donors (Lipinski definition) is 1. The number of amides is 1. The number of rotatable bonds is 4. The number of β-amino-alcohol motifs (C(OH)–C–C–N with tert-alkyl or cyclic N) is 1. The molecule has 2 heterocycles. The van der Waals surface area contributed by atoms with Crippen molar-refractivity contribution in [3.8, 4) is 11.5 Å². The number of aliphatic hydroxyl groups is 1. The van der Waals surface area contributed by atoms with Crippen LogP contribution in [0.2, 0.25) is 0 Å². The van der Waals surface area contributed by atoms with Gasteiger partial charge in [-0.15, -0.1) is 11.3 Å². The molecule has 132 valence electrons. The fraction of sp³-hybridized carbons (Fsp3) is 0.444. The normalized spacial score (nSPS) is 19.5. The molecule has 1 atom stereocenters. The van der Waals surface area contributed by atoms with E-state index in [2.05, 4.69) is 4.98 Å². The SMILES string of the molecule is COc1ccc(OC)c2c1CN(C(=O)c1cnc(C3CC3)s1)CC2O. The Morgan fingerprint density at radius 3 is 2.68 bits per heavy atom. The summed E-state index contributed by atoms with van der Waals surface area (Å²) < 4.78 is 10.8. The number of ether oxygens (including phenoxy) is 2. The molecule has 0 spiro atoms. The first-order valence-electron chi connectivity index (χ1n) is 8.29. The first kappa shape index (κ1) is 16.4. The van der Waals surface area contributed by atoms with Crippen LogP contribution in [0.1, 0.15) is 50.7 Å². The second kappa shape index (κ2) is 6.31. The van der Waals surface area contributed by atoms with Crippen LogP contribution < -0.4 is 9.47 Å². The number of hydrogen-bond acceptors (Lipinski definition) is 6. The molecular weight excluding hydrogens is 340 g/mol. The van der Waals surface area contributed by atoms with E-state index >= 15 is 0 Å². The molecule has 1 aliphatic carbocycles. The van der Waals surface area contributed by atoms with Crippen molar-refractivity contribution in [1.82, 2.24) is 9.88 Å². The van der Waals surface area contributed by atoms with Crippen LogP contribution in [0.4, 0.5) is 0 Å². The first-order chi connectivity index (χ1) is 12.1. The van der Waals surface area contributed by atoms with Crippen LogP contribution in [-0.2, 0) is 6.54 Å². The first-order valence-corrected chi connectivity index (χ1v) is 9.10. The zero-order chi connectivity index (χ0) is 17.6. The highest BCUT2D eigenvalue weighted by atomic mass is 32.1. The number of aliphatic hydroxyl groups excluding tert-OH is 1. The van der Waals surface area contributed by atoms with Gasteiger partial charge < -0.3 is 19.5 Å². The molecule has 0 saturated heterocycles. The van der Waals surface area contributed by atoms with E-state index in [1.54, 1.807) is 37.4 Å². The molecule has 2 aliphatic rings. The van der Waals surface area contributed by atoms with E-state index < -0.39 is 6.10 Å². The van der Waals surface area contributed by atoms with Gasteiger partial charge in [0.1, 0.15) is 22.5 Å². The molecule has 1 amide bonds. The Bertz CT molecular complexity index is 815. The molecule has 1 aromatic heterocycles. The molecule has 7 heteroatoms. The van der Waals surface area contributed by atoms with Crippen LogP contribution in [-0.4, -0.2) is 41.7 Å². The molecule has 1 unspecified atom stereocenters. The van der Waals surface area contributed by atoms with Crippen molar-refractivity contribution in [3.63, 3.8) is 0 Å². The Balaban J connectivity index is 1.64. The van der Waals surface area contributed by atoms with Crippen molar-refractivity contribution >= 4 is 17.2 Å². The fourth-order valence-corrected chi connectivity index (χ4v) is 4.35. The maximum Gasteiger partial charge on any atom is 0.265 e. The van der Waals surface area contributed by atoms with E-state index in [0.29, 0.717) is 34.4 Å². The quantitative estimate of drug-likeness (QED) is 0.908. The molecule has 1 aliphatic heterocycles. The Hall–Kier alpha value is -2.12. The third-order valence-electron chi connectivity index (χ3n) is 4.74. The molecular formula is C18H20N2O4S. The molecule has 1 aromatic carbocycles. The van der Waals surface area contributed by atoms with Crippen molar-refractivity contribution in [2.24, 2.45) is 0 Å². The van der Waals surface area contributed by atoms with Gasteiger partial charge in [0.15, 0.2) is 0 Å². The topological polar surface area (TPSA) is 71.9 Å². The maximum absolute atomic E-state index is 12.9. The van der Waals surface area contributed by atoms with E-state index in [1.165, 1.54) is 11.3 Å². The highest BCUT2D eigenvalue weighted by Gasteiger charge is 2.34. The van der Waals surface area contributed by atoms with Crippen LogP contribution in [0.25, 0.3) is 0 Å². The second-order valence-corrected chi connectivity index (χ2v) is 7.46. The predicted molar refractivity (Wildman–Crippen MR) is 93.3 cm³/mol. The van der Waals surface area contributed by atoms with Gasteiger partial charge in [-0.2, -0.15) is 0 Å². The van der Waals surface area contributed by atoms with Gasteiger partial charge in [0.2, 0.25) is 0 Å². The van der Waals surface area contributed by atoms with Crippen LogP contribution >= 0.6 is 11.3 Å². The molecule has 1 saturated carbocycles. The average Bonchev–Trinajstić information content (AvgIpc) is 3.37. The molecule has 6 nitrogen and oxygen atoms in total. The Labute approximate surface area is 150 Å². The number of methoxy groups -OCH3 is 2. The lowest BCUT2D eigenvalue weighted by Gasteiger charge is -2.33. The third kappa shape index (κ3) is 2.87. The molecule has 25 heavy (non-hydrogen) atoms. The molecule has 4 rings (SSSR count). The number of carbonyl (C=O) groups excluding carboxylic acids is 1. The monoisotopic (exact) mass is 360 g/mol. The summed E-state index contributed by atoms with van der Waals surface area (Å²) in [7, 11) is 3.16. The van der Waals surface area contributed by atoms with Crippen LogP contribution in [0, 0.1) is 0 Å². The summed E-state index contributed by atoms with van der Waals surface area (Å²) in [6, 6.07) is 3.58. The Morgan fingerprint density at radius 1 is 1.28 bits per heavy atom. The molecule has 1 fully saturated rings. The largest absolute Gasteiger partial charge is 0.496 e. The van der Waals surface area contributed by atoms with Gasteiger partial charge in [-0.3, -0.25) is 4.79 Å². The molecule has 1 N–H and O–H groups in total. The number of fused-ring (bicyclic) bond motifs is 1. The Kier molecular flexibility index (Phi) is 4.13. The summed E-state index contributed by atoms with van der Waals surface area (Å²) in [6.45, 7) is 0.605. The molecule has 0 radical (unpaired) electrons. The van der Waals surface area contributed by atoms with Crippen molar-refractivity contribution < 1.29 is 19.4 Å². The minimum Gasteiger partial charge on any atom is -0.496 e. The van der Waals surface area contributed by atoms with Crippen LogP contribution in [0.15, 0.2) is 18.3 Å². The van der Waals surface area contributed by atoms with Gasteiger partial charge in [0.25, 0.3) is 5.91 Å². The molecule has 2 aromatic rings. The van der Waals surface area contributed by atoms with Gasteiger partial charge in [-0.1, -0.05) is 0 Å². The van der Waals surface area contributed by atoms with Gasteiger partial charge in [-0.25, -0.2) is 4.98 Å². The van der Waals surface area contributed by atoms with Gasteiger partial charge in [-0.05, 0) is 25.0 Å². The second-order valence-electron chi connectivity index (χ2n) is 6.40. The van der Waals surface area contributed by atoms with Gasteiger partial charge >= 0.3 is 0 Å². The summed E-state index contributed by atoms with van der Waals surface area (Å²) in [5.41, 5.74) is 1.50. The van der Waals surface area contributed by atoms with E-state index in [4.69, 9.17) is 9.47 Å². The van der Waals surface area contributed by atoms with E-state index in [-0.39, 0.29) is 12.5 Å². The summed E-state index contributed by atoms with van der Waals surface area (Å²) in [5, 5.41) is 11.7. The highest BCUT2D eigenvalue weighted by molar-refractivity contribution is 7.13. The zero-order valence-corrected chi connectivity index (χ0v) is 15.0. The summed E-state index contributed by atoms with van der Waals surface area (Å²) in [4.78, 5) is 19.5. The van der Waals surface area contributed by atoms with Crippen molar-refractivity contribution in [2.75, 3.05) is 20.8 Å². The number of nitrogens with zero attached hydrogens (tertiary/aromatic N) is 2. The lowest BCUT2D eigenvalue weighted by atomic mass is 9.95. The molecule has 0 bridgehead atoms. The lowest BCUT2D eigenvalue weighted by molar-refractivity contribution is 0.0542. The summed E-state index contributed by atoms with van der Waals surface area (Å²) in [6.07, 6.45) is 3.17. The van der Waals surface area contributed by atoms with E-state index in [9.17, 15) is 9.90 Å². The minimum atomic E-state index is -0.812. The Morgan fingerprint density at radius 2 is 2.00 bits per heavy atom. The standard InChI is InChI=1S/C18H20N2O4S/c1-23-13-5-6-14(24-2)16-11(13)8-20(9-12(16)21)18(22)15-7-19-17(25-15)10-3-4-10/h5-7,10,12,21H,3-4,8-9H2,1-2H3. The number of benzene rings is 1. The van der Waals surface area contributed by atoms with Crippen LogP contribution in [0.5, 0.6) is 11.5 Å². The van der Waals surface area contributed by atoms with Crippen molar-refractivity contribution in [2.45, 2.75) is 31.4 Å². The van der Waals surface area contributed by atoms with Gasteiger partial charge in [0.05, 0.1) is 38.5 Å². The third-order valence-corrected chi connectivity index (χ3v) is 5.89. The van der Waals surface area contributed by atoms with Gasteiger partial charge in [0, 0.05) is 17.0 Å². The van der Waals surface area contributed by atoms with E-state index in [1.807, 2.05) is 0 Å². The zero-order valence-electron chi connectivity index (χ0n) is 14.2. The predicted octanol–water partition coefficient (Wildman–Crippen LogP) is 2.73. The fourth-order valence-electron chi connectivity index (χ4n) is 3.29. The summed E-state index contributed by atoms with van der Waals surface area (Å²) in [5.74, 6) is 1.70. The van der Waals surface area contributed by atoms with Crippen LogP contribution in [0.3, 0.4) is 0 Å².